The molecule has 0 aliphatic rings. The summed E-state index contributed by atoms with van der Waals surface area (Å²) in [5, 5.41) is 3.26. The Hall–Kier alpha value is -1.75. The van der Waals surface area contributed by atoms with E-state index in [2.05, 4.69) is 26.2 Å². The van der Waals surface area contributed by atoms with Crippen molar-refractivity contribution in [3.63, 3.8) is 0 Å². The van der Waals surface area contributed by atoms with Gasteiger partial charge in [-0.05, 0) is 47.5 Å². The molecule has 2 aromatic rings. The zero-order chi connectivity index (χ0) is 13.8. The first-order chi connectivity index (χ1) is 9.13. The number of nitrogens with zero attached hydrogens (tertiary/aromatic N) is 1. The van der Waals surface area contributed by atoms with Gasteiger partial charge in [0.05, 0.1) is 28.7 Å². The molecule has 3 N–H and O–H groups in total. The summed E-state index contributed by atoms with van der Waals surface area (Å²) in [6.07, 6.45) is 1.64. The Kier molecular flexibility index (Phi) is 4.27. The third-order valence-corrected chi connectivity index (χ3v) is 3.71. The minimum atomic E-state index is 0.619. The fourth-order valence-corrected chi connectivity index (χ4v) is 2.09. The molecule has 100 valence electrons. The van der Waals surface area contributed by atoms with Gasteiger partial charge in [0.15, 0.2) is 0 Å². The molecule has 0 unspecified atom stereocenters. The average Bonchev–Trinajstić information content (AvgIpc) is 2.42. The number of nitrogens with two attached hydrogens (primary N) is 1. The maximum atomic E-state index is 5.82. The van der Waals surface area contributed by atoms with Crippen LogP contribution in [0.15, 0.2) is 34.9 Å². The summed E-state index contributed by atoms with van der Waals surface area (Å²) in [4.78, 5) is 4.30. The Morgan fingerprint density at radius 3 is 2.84 bits per heavy atom. The molecule has 0 saturated carbocycles. The van der Waals surface area contributed by atoms with E-state index in [0.717, 1.165) is 27.3 Å². The number of pyridine rings is 1. The predicted molar refractivity (Wildman–Crippen MR) is 82.0 cm³/mol. The lowest BCUT2D eigenvalue weighted by atomic mass is 10.2. The van der Waals surface area contributed by atoms with Gasteiger partial charge in [0.25, 0.3) is 0 Å². The molecule has 1 aromatic heterocycles. The van der Waals surface area contributed by atoms with Gasteiger partial charge in [-0.1, -0.05) is 12.1 Å². The summed E-state index contributed by atoms with van der Waals surface area (Å²) in [7, 11) is 0. The van der Waals surface area contributed by atoms with Crippen LogP contribution in [0.3, 0.4) is 0 Å². The molecule has 19 heavy (non-hydrogen) atoms. The summed E-state index contributed by atoms with van der Waals surface area (Å²) in [5.74, 6) is 1.52. The van der Waals surface area contributed by atoms with Crippen LogP contribution in [0.1, 0.15) is 12.5 Å². The highest BCUT2D eigenvalue weighted by molar-refractivity contribution is 9.10. The number of para-hydroxylation sites is 2. The van der Waals surface area contributed by atoms with Gasteiger partial charge in [-0.15, -0.1) is 0 Å². The molecule has 2 rings (SSSR count). The number of halogens is 1. The number of nitrogen functional groups attached to an aromatic ring is 1. The molecule has 0 amide bonds. The highest BCUT2D eigenvalue weighted by Gasteiger charge is 2.10. The Bertz CT molecular complexity index is 587. The van der Waals surface area contributed by atoms with Gasteiger partial charge in [-0.3, -0.25) is 0 Å². The molecule has 0 saturated heterocycles. The monoisotopic (exact) mass is 321 g/mol. The lowest BCUT2D eigenvalue weighted by molar-refractivity contribution is 0.342. The fraction of sp³-hybridized carbons (Fsp3) is 0.214. The van der Waals surface area contributed by atoms with E-state index >= 15 is 0 Å². The maximum absolute atomic E-state index is 5.82. The van der Waals surface area contributed by atoms with Crippen LogP contribution in [0.25, 0.3) is 0 Å². The Morgan fingerprint density at radius 2 is 2.11 bits per heavy atom. The molecule has 0 atom stereocenters. The summed E-state index contributed by atoms with van der Waals surface area (Å²) >= 11 is 3.51. The van der Waals surface area contributed by atoms with Crippen LogP contribution in [0.4, 0.5) is 17.2 Å². The number of rotatable bonds is 4. The van der Waals surface area contributed by atoms with Crippen molar-refractivity contribution in [3.05, 3.63) is 40.5 Å². The van der Waals surface area contributed by atoms with E-state index in [1.165, 1.54) is 0 Å². The summed E-state index contributed by atoms with van der Waals surface area (Å²) in [5.41, 5.74) is 8.32. The van der Waals surface area contributed by atoms with E-state index in [9.17, 15) is 0 Å². The van der Waals surface area contributed by atoms with Crippen LogP contribution in [0, 0.1) is 6.92 Å². The van der Waals surface area contributed by atoms with Crippen LogP contribution in [-0.2, 0) is 0 Å². The Balaban J connectivity index is 2.34. The molecule has 1 aromatic carbocycles. The largest absolute Gasteiger partial charge is 0.492 e. The highest BCUT2D eigenvalue weighted by atomic mass is 79.9. The van der Waals surface area contributed by atoms with Crippen molar-refractivity contribution in [1.29, 1.82) is 0 Å². The zero-order valence-electron chi connectivity index (χ0n) is 10.9. The molecule has 1 heterocycles. The third kappa shape index (κ3) is 2.98. The first-order valence-corrected chi connectivity index (χ1v) is 6.82. The van der Waals surface area contributed by atoms with Crippen molar-refractivity contribution in [2.24, 2.45) is 0 Å². The topological polar surface area (TPSA) is 60.2 Å². The van der Waals surface area contributed by atoms with Gasteiger partial charge < -0.3 is 15.8 Å². The van der Waals surface area contributed by atoms with E-state index in [4.69, 9.17) is 10.5 Å². The predicted octanol–water partition coefficient (Wildman–Crippen LogP) is 3.88. The van der Waals surface area contributed by atoms with Crippen molar-refractivity contribution in [1.82, 2.24) is 4.98 Å². The third-order valence-electron chi connectivity index (χ3n) is 2.74. The number of nitrogens with one attached hydrogen (secondary N) is 1. The molecule has 0 radical (unpaired) electrons. The van der Waals surface area contributed by atoms with Crippen molar-refractivity contribution < 1.29 is 4.74 Å². The number of hydrogen-bond donors (Lipinski definition) is 2. The molecule has 0 spiro atoms. The quantitative estimate of drug-likeness (QED) is 0.897. The number of anilines is 3. The SMILES string of the molecule is CCOc1ccccc1Nc1ncc(N)c(C)c1Br. The first-order valence-electron chi connectivity index (χ1n) is 6.03. The summed E-state index contributed by atoms with van der Waals surface area (Å²) in [6, 6.07) is 7.75. The zero-order valence-corrected chi connectivity index (χ0v) is 12.5. The van der Waals surface area contributed by atoms with E-state index in [1.54, 1.807) is 6.20 Å². The van der Waals surface area contributed by atoms with Gasteiger partial charge in [0.1, 0.15) is 11.6 Å². The van der Waals surface area contributed by atoms with E-state index in [-0.39, 0.29) is 0 Å². The number of benzene rings is 1. The second kappa shape index (κ2) is 5.93. The number of ether oxygens (including phenoxy) is 1. The van der Waals surface area contributed by atoms with Crippen molar-refractivity contribution in [3.8, 4) is 5.75 Å². The van der Waals surface area contributed by atoms with Gasteiger partial charge >= 0.3 is 0 Å². The Morgan fingerprint density at radius 1 is 1.37 bits per heavy atom. The number of hydrogen-bond acceptors (Lipinski definition) is 4. The van der Waals surface area contributed by atoms with Crippen molar-refractivity contribution in [2.45, 2.75) is 13.8 Å². The molecule has 0 fully saturated rings. The average molecular weight is 322 g/mol. The second-order valence-electron chi connectivity index (χ2n) is 4.06. The number of aromatic nitrogens is 1. The van der Waals surface area contributed by atoms with Crippen molar-refractivity contribution >= 4 is 33.1 Å². The molecular formula is C14H16BrN3O. The Labute approximate surface area is 121 Å². The highest BCUT2D eigenvalue weighted by Crippen LogP contribution is 2.33. The molecule has 0 aliphatic carbocycles. The van der Waals surface area contributed by atoms with Crippen LogP contribution < -0.4 is 15.8 Å². The molecular weight excluding hydrogens is 306 g/mol. The fourth-order valence-electron chi connectivity index (χ4n) is 1.66. The summed E-state index contributed by atoms with van der Waals surface area (Å²) in [6.45, 7) is 4.52. The van der Waals surface area contributed by atoms with Crippen molar-refractivity contribution in [2.75, 3.05) is 17.7 Å². The lowest BCUT2D eigenvalue weighted by Crippen LogP contribution is -2.01. The van der Waals surface area contributed by atoms with E-state index < -0.39 is 0 Å². The lowest BCUT2D eigenvalue weighted by Gasteiger charge is -2.14. The summed E-state index contributed by atoms with van der Waals surface area (Å²) < 4.78 is 6.43. The smallest absolute Gasteiger partial charge is 0.145 e. The van der Waals surface area contributed by atoms with Gasteiger partial charge in [-0.2, -0.15) is 0 Å². The van der Waals surface area contributed by atoms with Gasteiger partial charge in [0.2, 0.25) is 0 Å². The van der Waals surface area contributed by atoms with Gasteiger partial charge in [0, 0.05) is 0 Å². The molecule has 4 nitrogen and oxygen atoms in total. The minimum Gasteiger partial charge on any atom is -0.492 e. The molecule has 5 heteroatoms. The first kappa shape index (κ1) is 13.7. The van der Waals surface area contributed by atoms with Gasteiger partial charge in [-0.25, -0.2) is 4.98 Å². The van der Waals surface area contributed by atoms with Crippen LogP contribution in [-0.4, -0.2) is 11.6 Å². The van der Waals surface area contributed by atoms with Crippen LogP contribution in [0.5, 0.6) is 5.75 Å². The molecule has 0 aliphatic heterocycles. The normalized spacial score (nSPS) is 10.3. The maximum Gasteiger partial charge on any atom is 0.145 e. The second-order valence-corrected chi connectivity index (χ2v) is 4.85. The minimum absolute atomic E-state index is 0.619. The van der Waals surface area contributed by atoms with Crippen LogP contribution >= 0.6 is 15.9 Å². The van der Waals surface area contributed by atoms with E-state index in [0.29, 0.717) is 12.3 Å². The standard InChI is InChI=1S/C14H16BrN3O/c1-3-19-12-7-5-4-6-11(12)18-14-13(15)9(2)10(16)8-17-14/h4-8H,3,16H2,1-2H3,(H,17,18). The van der Waals surface area contributed by atoms with E-state index in [1.807, 2.05) is 38.1 Å². The molecule has 0 bridgehead atoms. The van der Waals surface area contributed by atoms with Crippen LogP contribution in [0.2, 0.25) is 0 Å².